The normalized spacial score (nSPS) is 12.2. The Labute approximate surface area is 84.7 Å². The molecule has 0 aromatic heterocycles. The van der Waals surface area contributed by atoms with Crippen molar-refractivity contribution >= 4 is 5.91 Å². The Morgan fingerprint density at radius 3 is 2.43 bits per heavy atom. The number of nitrogens with zero attached hydrogens (tertiary/aromatic N) is 1. The first-order valence-electron chi connectivity index (χ1n) is 4.66. The van der Waals surface area contributed by atoms with Crippen molar-refractivity contribution in [3.05, 3.63) is 35.9 Å². The van der Waals surface area contributed by atoms with Gasteiger partial charge in [-0.15, -0.1) is 0 Å². The lowest BCUT2D eigenvalue weighted by molar-refractivity contribution is 0.0724. The zero-order valence-corrected chi connectivity index (χ0v) is 8.82. The maximum absolute atomic E-state index is 11.8. The van der Waals surface area contributed by atoms with Crippen molar-refractivity contribution in [3.63, 3.8) is 0 Å². The van der Waals surface area contributed by atoms with Gasteiger partial charge in [0.1, 0.15) is 0 Å². The summed E-state index contributed by atoms with van der Waals surface area (Å²) in [5.74, 6) is 0.0347. The number of hydrogen-bond acceptors (Lipinski definition) is 2. The Bertz CT molecular complexity index is 297. The van der Waals surface area contributed by atoms with E-state index in [4.69, 9.17) is 0 Å². The molecule has 14 heavy (non-hydrogen) atoms. The molecule has 1 rings (SSSR count). The molecular weight excluding hydrogens is 176 g/mol. The minimum atomic E-state index is 0.0347. The van der Waals surface area contributed by atoms with Crippen LogP contribution in [0.3, 0.4) is 0 Å². The van der Waals surface area contributed by atoms with E-state index in [9.17, 15) is 4.79 Å². The second kappa shape index (κ2) is 4.77. The molecule has 0 fully saturated rings. The largest absolute Gasteiger partial charge is 0.326 e. The van der Waals surface area contributed by atoms with Crippen molar-refractivity contribution in [1.29, 1.82) is 0 Å². The highest BCUT2D eigenvalue weighted by atomic mass is 16.2. The number of carbonyl (C=O) groups is 1. The van der Waals surface area contributed by atoms with E-state index < -0.39 is 0 Å². The molecule has 1 unspecified atom stereocenters. The number of amides is 1. The van der Waals surface area contributed by atoms with Crippen LogP contribution in [0, 0.1) is 0 Å². The number of carbonyl (C=O) groups excluding carboxylic acids is 1. The fourth-order valence-electron chi connectivity index (χ4n) is 1.15. The monoisotopic (exact) mass is 192 g/mol. The van der Waals surface area contributed by atoms with E-state index in [1.165, 1.54) is 0 Å². The van der Waals surface area contributed by atoms with Crippen molar-refractivity contribution in [1.82, 2.24) is 10.2 Å². The van der Waals surface area contributed by atoms with Gasteiger partial charge in [-0.3, -0.25) is 4.79 Å². The van der Waals surface area contributed by atoms with Crippen LogP contribution in [0.5, 0.6) is 0 Å². The minimum Gasteiger partial charge on any atom is -0.326 e. The highest BCUT2D eigenvalue weighted by molar-refractivity contribution is 5.94. The van der Waals surface area contributed by atoms with E-state index in [1.807, 2.05) is 44.3 Å². The summed E-state index contributed by atoms with van der Waals surface area (Å²) >= 11 is 0. The van der Waals surface area contributed by atoms with Crippen molar-refractivity contribution in [3.8, 4) is 0 Å². The Balaban J connectivity index is 2.76. The third kappa shape index (κ3) is 2.33. The van der Waals surface area contributed by atoms with Crippen LogP contribution in [0.4, 0.5) is 0 Å². The summed E-state index contributed by atoms with van der Waals surface area (Å²) < 4.78 is 0. The molecule has 76 valence electrons. The third-order valence-electron chi connectivity index (χ3n) is 2.34. The first kappa shape index (κ1) is 10.7. The molecule has 3 nitrogen and oxygen atoms in total. The lowest BCUT2D eigenvalue weighted by Gasteiger charge is -2.24. The first-order chi connectivity index (χ1) is 6.66. The summed E-state index contributed by atoms with van der Waals surface area (Å²) in [4.78, 5) is 13.5. The van der Waals surface area contributed by atoms with Gasteiger partial charge in [0.05, 0.1) is 6.17 Å². The van der Waals surface area contributed by atoms with Crippen LogP contribution in [0.2, 0.25) is 0 Å². The fraction of sp³-hybridized carbons (Fsp3) is 0.364. The quantitative estimate of drug-likeness (QED) is 0.733. The fourth-order valence-corrected chi connectivity index (χ4v) is 1.15. The summed E-state index contributed by atoms with van der Waals surface area (Å²) in [6.07, 6.45) is 0.0442. The molecule has 0 saturated carbocycles. The maximum atomic E-state index is 11.8. The molecule has 1 amide bonds. The van der Waals surface area contributed by atoms with Crippen molar-refractivity contribution in [2.45, 2.75) is 13.1 Å². The molecule has 1 aromatic carbocycles. The van der Waals surface area contributed by atoms with Crippen LogP contribution >= 0.6 is 0 Å². The number of nitrogens with one attached hydrogen (secondary N) is 1. The zero-order chi connectivity index (χ0) is 10.6. The highest BCUT2D eigenvalue weighted by Gasteiger charge is 2.14. The summed E-state index contributed by atoms with van der Waals surface area (Å²) in [5.41, 5.74) is 0.720. The minimum absolute atomic E-state index is 0.0347. The van der Waals surface area contributed by atoms with Gasteiger partial charge in [-0.05, 0) is 26.1 Å². The van der Waals surface area contributed by atoms with Crippen LogP contribution in [0.15, 0.2) is 30.3 Å². The molecule has 0 bridgehead atoms. The standard InChI is InChI=1S/C11H16N2O/c1-9(12-2)13(3)11(14)10-7-5-4-6-8-10/h4-9,12H,1-3H3. The van der Waals surface area contributed by atoms with Gasteiger partial charge < -0.3 is 10.2 Å². The zero-order valence-electron chi connectivity index (χ0n) is 8.82. The Morgan fingerprint density at radius 2 is 1.93 bits per heavy atom. The second-order valence-corrected chi connectivity index (χ2v) is 3.25. The lowest BCUT2D eigenvalue weighted by Crippen LogP contribution is -2.42. The van der Waals surface area contributed by atoms with Gasteiger partial charge in [0, 0.05) is 12.6 Å². The summed E-state index contributed by atoms with van der Waals surface area (Å²) in [5, 5.41) is 3.02. The summed E-state index contributed by atoms with van der Waals surface area (Å²) in [6.45, 7) is 1.95. The molecule has 0 aliphatic carbocycles. The number of benzene rings is 1. The summed E-state index contributed by atoms with van der Waals surface area (Å²) in [6, 6.07) is 9.27. The van der Waals surface area contributed by atoms with Crippen molar-refractivity contribution < 1.29 is 4.79 Å². The molecule has 3 heteroatoms. The van der Waals surface area contributed by atoms with Crippen molar-refractivity contribution in [2.75, 3.05) is 14.1 Å². The molecule has 0 spiro atoms. The third-order valence-corrected chi connectivity index (χ3v) is 2.34. The van der Waals surface area contributed by atoms with Gasteiger partial charge in [0.15, 0.2) is 0 Å². The van der Waals surface area contributed by atoms with Crippen LogP contribution in [0.25, 0.3) is 0 Å². The maximum Gasteiger partial charge on any atom is 0.254 e. The predicted molar refractivity (Wildman–Crippen MR) is 57.1 cm³/mol. The van der Waals surface area contributed by atoms with Gasteiger partial charge in [0.2, 0.25) is 0 Å². The topological polar surface area (TPSA) is 32.3 Å². The van der Waals surface area contributed by atoms with Gasteiger partial charge in [-0.2, -0.15) is 0 Å². The molecule has 1 aromatic rings. The van der Waals surface area contributed by atoms with Gasteiger partial charge in [-0.1, -0.05) is 18.2 Å². The van der Waals surface area contributed by atoms with Gasteiger partial charge in [-0.25, -0.2) is 0 Å². The molecular formula is C11H16N2O. The molecule has 0 aliphatic heterocycles. The lowest BCUT2D eigenvalue weighted by atomic mass is 10.2. The van der Waals surface area contributed by atoms with E-state index in [-0.39, 0.29) is 12.1 Å². The Hall–Kier alpha value is -1.35. The second-order valence-electron chi connectivity index (χ2n) is 3.25. The smallest absolute Gasteiger partial charge is 0.254 e. The molecule has 0 saturated heterocycles. The van der Waals surface area contributed by atoms with E-state index >= 15 is 0 Å². The van der Waals surface area contributed by atoms with Crippen molar-refractivity contribution in [2.24, 2.45) is 0 Å². The molecule has 0 heterocycles. The van der Waals surface area contributed by atoms with Crippen LogP contribution in [-0.4, -0.2) is 31.1 Å². The Kier molecular flexibility index (Phi) is 3.65. The highest BCUT2D eigenvalue weighted by Crippen LogP contribution is 2.04. The SMILES string of the molecule is CNC(C)N(C)C(=O)c1ccccc1. The van der Waals surface area contributed by atoms with E-state index in [2.05, 4.69) is 5.32 Å². The average molecular weight is 192 g/mol. The van der Waals surface area contributed by atoms with E-state index in [1.54, 1.807) is 11.9 Å². The molecule has 0 radical (unpaired) electrons. The van der Waals surface area contributed by atoms with Gasteiger partial charge in [0.25, 0.3) is 5.91 Å². The molecule has 1 N–H and O–H groups in total. The Morgan fingerprint density at radius 1 is 1.36 bits per heavy atom. The number of hydrogen-bond donors (Lipinski definition) is 1. The predicted octanol–water partition coefficient (Wildman–Crippen LogP) is 1.32. The molecule has 1 atom stereocenters. The van der Waals surface area contributed by atoms with E-state index in [0.29, 0.717) is 0 Å². The van der Waals surface area contributed by atoms with Gasteiger partial charge >= 0.3 is 0 Å². The number of rotatable bonds is 3. The molecule has 0 aliphatic rings. The van der Waals surface area contributed by atoms with Crippen LogP contribution in [-0.2, 0) is 0 Å². The van der Waals surface area contributed by atoms with Crippen LogP contribution in [0.1, 0.15) is 17.3 Å². The first-order valence-corrected chi connectivity index (χ1v) is 4.66. The van der Waals surface area contributed by atoms with E-state index in [0.717, 1.165) is 5.56 Å². The van der Waals surface area contributed by atoms with Crippen LogP contribution < -0.4 is 5.32 Å². The summed E-state index contributed by atoms with van der Waals surface area (Å²) in [7, 11) is 3.62. The average Bonchev–Trinajstić information content (AvgIpc) is 2.27.